The van der Waals surface area contributed by atoms with Gasteiger partial charge in [-0.25, -0.2) is 4.98 Å². The van der Waals surface area contributed by atoms with Crippen LogP contribution >= 0.6 is 34.2 Å². The number of hydrogen-bond donors (Lipinski definition) is 1. The first-order valence-electron chi connectivity index (χ1n) is 11.8. The van der Waals surface area contributed by atoms with Crippen molar-refractivity contribution in [2.45, 2.75) is 41.6 Å². The van der Waals surface area contributed by atoms with Gasteiger partial charge in [0.05, 0.1) is 20.7 Å². The van der Waals surface area contributed by atoms with Crippen molar-refractivity contribution in [1.29, 1.82) is 0 Å². The predicted molar refractivity (Wildman–Crippen MR) is 146 cm³/mol. The Morgan fingerprint density at radius 2 is 1.97 bits per heavy atom. The first kappa shape index (κ1) is 27.5. The van der Waals surface area contributed by atoms with Crippen LogP contribution in [0.25, 0.3) is 11.1 Å². The van der Waals surface area contributed by atoms with Crippen LogP contribution in [-0.4, -0.2) is 37.4 Å². The molecule has 1 aliphatic heterocycles. The van der Waals surface area contributed by atoms with Crippen molar-refractivity contribution in [3.63, 3.8) is 0 Å². The van der Waals surface area contributed by atoms with Gasteiger partial charge in [0.15, 0.2) is 0 Å². The maximum atomic E-state index is 13.4. The Morgan fingerprint density at radius 3 is 2.68 bits per heavy atom. The highest BCUT2D eigenvalue weighted by Crippen LogP contribution is 2.37. The van der Waals surface area contributed by atoms with E-state index in [9.17, 15) is 18.0 Å². The molecule has 4 rings (SSSR count). The minimum Gasteiger partial charge on any atom is -0.342 e. The number of piperidine rings is 1. The number of hydrogen-bond acceptors (Lipinski definition) is 4. The van der Waals surface area contributed by atoms with Gasteiger partial charge in [-0.3, -0.25) is 14.7 Å². The van der Waals surface area contributed by atoms with E-state index in [1.54, 1.807) is 12.4 Å². The molecule has 3 aromatic rings. The van der Waals surface area contributed by atoms with Crippen LogP contribution in [0, 0.1) is 0 Å². The lowest BCUT2D eigenvalue weighted by Crippen LogP contribution is -2.51. The molecule has 1 unspecified atom stereocenters. The summed E-state index contributed by atoms with van der Waals surface area (Å²) in [6, 6.07) is 11.6. The zero-order chi connectivity index (χ0) is 26.6. The fourth-order valence-corrected chi connectivity index (χ4v) is 5.65. The molecule has 1 aliphatic rings. The maximum absolute atomic E-state index is 13.4. The number of nitrogens with zero attached hydrogens (tertiary/aromatic N) is 3. The summed E-state index contributed by atoms with van der Waals surface area (Å²) in [5.41, 5.74) is 1.10. The number of alkyl halides is 4. The van der Waals surface area contributed by atoms with Gasteiger partial charge in [0.2, 0.25) is 0 Å². The molecule has 0 radical (unpaired) electrons. The number of rotatable bonds is 7. The van der Waals surface area contributed by atoms with E-state index in [1.807, 2.05) is 42.5 Å². The van der Waals surface area contributed by atoms with Crippen LogP contribution < -0.4 is 5.32 Å². The Labute approximate surface area is 232 Å². The van der Waals surface area contributed by atoms with Crippen LogP contribution in [0.3, 0.4) is 0 Å². The number of aromatic nitrogens is 2. The SMILES string of the molecule is C=CC(I)N1CCCC[C@H]1[C@@H](NC(=O)c1nccc(C(F)(F)F)c1Cl)c1cccc(-c2cccnc2)c1. The summed E-state index contributed by atoms with van der Waals surface area (Å²) in [6.07, 6.45) is 4.29. The average molecular weight is 641 g/mol. The molecular weight excluding hydrogens is 616 g/mol. The van der Waals surface area contributed by atoms with Gasteiger partial charge in [-0.2, -0.15) is 13.2 Å². The molecule has 3 atom stereocenters. The van der Waals surface area contributed by atoms with E-state index in [0.717, 1.165) is 54.8 Å². The molecule has 0 bridgehead atoms. The molecule has 1 N–H and O–H groups in total. The molecule has 10 heteroatoms. The zero-order valence-electron chi connectivity index (χ0n) is 19.8. The quantitative estimate of drug-likeness (QED) is 0.130. The molecule has 37 heavy (non-hydrogen) atoms. The van der Waals surface area contributed by atoms with Gasteiger partial charge in [-0.15, -0.1) is 6.58 Å². The highest BCUT2D eigenvalue weighted by atomic mass is 127. The average Bonchev–Trinajstić information content (AvgIpc) is 2.91. The van der Waals surface area contributed by atoms with Gasteiger partial charge in [-0.1, -0.05) is 71.0 Å². The number of carbonyl (C=O) groups excluding carboxylic acids is 1. The lowest BCUT2D eigenvalue weighted by atomic mass is 9.89. The number of benzene rings is 1. The second kappa shape index (κ2) is 11.9. The number of pyridine rings is 2. The Morgan fingerprint density at radius 1 is 1.19 bits per heavy atom. The van der Waals surface area contributed by atoms with Gasteiger partial charge in [0.1, 0.15) is 5.69 Å². The summed E-state index contributed by atoms with van der Waals surface area (Å²) in [5.74, 6) is -0.762. The molecule has 1 saturated heterocycles. The van der Waals surface area contributed by atoms with Crippen LogP contribution in [0.2, 0.25) is 5.02 Å². The molecule has 0 spiro atoms. The van der Waals surface area contributed by atoms with Crippen LogP contribution in [0.5, 0.6) is 0 Å². The van der Waals surface area contributed by atoms with Crippen LogP contribution in [0.4, 0.5) is 13.2 Å². The number of carbonyl (C=O) groups is 1. The first-order chi connectivity index (χ1) is 17.7. The summed E-state index contributed by atoms with van der Waals surface area (Å²) in [5, 5.41) is 2.26. The number of likely N-dealkylation sites (tertiary alicyclic amines) is 1. The van der Waals surface area contributed by atoms with E-state index in [1.165, 1.54) is 0 Å². The summed E-state index contributed by atoms with van der Waals surface area (Å²) in [6.45, 7) is 4.74. The second-order valence-corrected chi connectivity index (χ2v) is 10.4. The molecule has 3 heterocycles. The smallest absolute Gasteiger partial charge is 0.342 e. The number of halogens is 5. The largest absolute Gasteiger partial charge is 0.417 e. The molecule has 1 fully saturated rings. The number of amides is 1. The highest BCUT2D eigenvalue weighted by Gasteiger charge is 2.38. The van der Waals surface area contributed by atoms with Crippen molar-refractivity contribution in [3.8, 4) is 11.1 Å². The van der Waals surface area contributed by atoms with Gasteiger partial charge in [0.25, 0.3) is 5.91 Å². The molecule has 0 saturated carbocycles. The van der Waals surface area contributed by atoms with Gasteiger partial charge < -0.3 is 5.32 Å². The predicted octanol–water partition coefficient (Wildman–Crippen LogP) is 7.09. The highest BCUT2D eigenvalue weighted by molar-refractivity contribution is 14.1. The third-order valence-corrected chi connectivity index (χ3v) is 8.03. The lowest BCUT2D eigenvalue weighted by molar-refractivity contribution is -0.137. The minimum atomic E-state index is -4.70. The van der Waals surface area contributed by atoms with E-state index in [2.05, 4.69) is 49.4 Å². The normalized spacial score (nSPS) is 18.1. The van der Waals surface area contributed by atoms with Crippen molar-refractivity contribution < 1.29 is 18.0 Å². The first-order valence-corrected chi connectivity index (χ1v) is 13.4. The summed E-state index contributed by atoms with van der Waals surface area (Å²) in [7, 11) is 0. The number of nitrogens with one attached hydrogen (secondary N) is 1. The summed E-state index contributed by atoms with van der Waals surface area (Å²) < 4.78 is 40.3. The van der Waals surface area contributed by atoms with Crippen molar-refractivity contribution in [2.75, 3.05) is 6.54 Å². The monoisotopic (exact) mass is 640 g/mol. The molecule has 5 nitrogen and oxygen atoms in total. The van der Waals surface area contributed by atoms with Crippen molar-refractivity contribution in [1.82, 2.24) is 20.2 Å². The molecule has 194 valence electrons. The fourth-order valence-electron chi connectivity index (χ4n) is 4.66. The van der Waals surface area contributed by atoms with E-state index < -0.39 is 34.4 Å². The van der Waals surface area contributed by atoms with Gasteiger partial charge >= 0.3 is 6.18 Å². The Hall–Kier alpha value is -2.50. The van der Waals surface area contributed by atoms with Crippen LogP contribution in [-0.2, 0) is 6.18 Å². The third kappa shape index (κ3) is 6.32. The van der Waals surface area contributed by atoms with Crippen molar-refractivity contribution >= 4 is 40.1 Å². The topological polar surface area (TPSA) is 58.1 Å². The van der Waals surface area contributed by atoms with Crippen molar-refractivity contribution in [2.24, 2.45) is 0 Å². The zero-order valence-corrected chi connectivity index (χ0v) is 22.7. The Bertz CT molecular complexity index is 1260. The minimum absolute atomic E-state index is 0.0130. The standard InChI is InChI=1S/C27H25ClF3IN4O/c1-2-22(32)36-14-4-3-10-21(36)24(18-8-5-7-17(15-18)19-9-6-12-33-16-19)35-26(37)25-23(28)20(11-13-34-25)27(29,30)31/h2,5-9,11-13,15-16,21-22,24H,1,3-4,10,14H2,(H,35,37)/t21-,22?,24-/m0/s1. The maximum Gasteiger partial charge on any atom is 0.417 e. The van der Waals surface area contributed by atoms with E-state index in [4.69, 9.17) is 11.6 Å². The van der Waals surface area contributed by atoms with Crippen LogP contribution in [0.15, 0.2) is 73.7 Å². The Kier molecular flexibility index (Phi) is 8.86. The molecule has 0 aliphatic carbocycles. The molecular formula is C27H25ClF3IN4O. The van der Waals surface area contributed by atoms with Gasteiger partial charge in [0, 0.05) is 24.6 Å². The summed E-state index contributed by atoms with van der Waals surface area (Å²) >= 11 is 8.34. The third-order valence-electron chi connectivity index (χ3n) is 6.43. The second-order valence-electron chi connectivity index (χ2n) is 8.75. The molecule has 1 aromatic carbocycles. The Balaban J connectivity index is 1.76. The van der Waals surface area contributed by atoms with Crippen LogP contribution in [0.1, 0.15) is 46.9 Å². The molecule has 1 amide bonds. The van der Waals surface area contributed by atoms with E-state index in [0.29, 0.717) is 0 Å². The van der Waals surface area contributed by atoms with Crippen molar-refractivity contribution in [3.05, 3.63) is 95.6 Å². The fraction of sp³-hybridized carbons (Fsp3) is 0.296. The van der Waals surface area contributed by atoms with E-state index >= 15 is 0 Å². The molecule has 2 aromatic heterocycles. The van der Waals surface area contributed by atoms with E-state index in [-0.39, 0.29) is 10.1 Å². The van der Waals surface area contributed by atoms with Gasteiger partial charge in [-0.05, 0) is 54.3 Å². The summed E-state index contributed by atoms with van der Waals surface area (Å²) in [4.78, 5) is 23.7. The lowest BCUT2D eigenvalue weighted by Gasteiger charge is -2.42.